The lowest BCUT2D eigenvalue weighted by Crippen LogP contribution is -2.02. The summed E-state index contributed by atoms with van der Waals surface area (Å²) in [5.41, 5.74) is 5.56. The second-order valence-corrected chi connectivity index (χ2v) is 5.44. The molecule has 4 N–H and O–H groups in total. The maximum Gasteiger partial charge on any atom is 0.469 e. The van der Waals surface area contributed by atoms with Crippen LogP contribution >= 0.6 is 7.82 Å². The molecule has 0 radical (unpaired) electrons. The van der Waals surface area contributed by atoms with Crippen molar-refractivity contribution in [1.82, 2.24) is 4.98 Å². The van der Waals surface area contributed by atoms with E-state index < -0.39 is 13.8 Å². The molecule has 8 nitrogen and oxygen atoms in total. The molecule has 0 aliphatic carbocycles. The van der Waals surface area contributed by atoms with Crippen LogP contribution in [0.5, 0.6) is 0 Å². The molecule has 0 spiro atoms. The highest BCUT2D eigenvalue weighted by Gasteiger charge is 2.13. The van der Waals surface area contributed by atoms with Crippen LogP contribution in [-0.2, 0) is 18.6 Å². The Labute approximate surface area is 140 Å². The Kier molecular flexibility index (Phi) is 11.6. The summed E-state index contributed by atoms with van der Waals surface area (Å²) in [5, 5.41) is 1.20. The number of phosphoric acid groups is 1. The van der Waals surface area contributed by atoms with Gasteiger partial charge in [-0.25, -0.2) is 4.57 Å². The zero-order chi connectivity index (χ0) is 18.4. The molecule has 1 aromatic carbocycles. The number of esters is 1. The van der Waals surface area contributed by atoms with Crippen molar-refractivity contribution < 1.29 is 28.4 Å². The van der Waals surface area contributed by atoms with Gasteiger partial charge in [-0.2, -0.15) is 0 Å². The first-order valence-corrected chi connectivity index (χ1v) is 8.60. The van der Waals surface area contributed by atoms with Gasteiger partial charge in [0.05, 0.1) is 19.2 Å². The third-order valence-electron chi connectivity index (χ3n) is 2.52. The van der Waals surface area contributed by atoms with Crippen molar-refractivity contribution in [1.29, 1.82) is 0 Å². The molecule has 1 aromatic heterocycles. The normalized spacial score (nSPS) is 10.0. The number of nitrogens with two attached hydrogens (primary N) is 1. The van der Waals surface area contributed by atoms with E-state index in [4.69, 9.17) is 9.79 Å². The van der Waals surface area contributed by atoms with Gasteiger partial charge in [-0.15, -0.1) is 0 Å². The monoisotopic (exact) mass is 358 g/mol. The molecule has 0 amide bonds. The number of carbonyl (C=O) groups is 1. The van der Waals surface area contributed by atoms with E-state index in [9.17, 15) is 9.36 Å². The quantitative estimate of drug-likeness (QED) is 0.419. The Hall–Kier alpha value is -1.83. The van der Waals surface area contributed by atoms with Crippen LogP contribution in [0.3, 0.4) is 0 Å². The van der Waals surface area contributed by atoms with Crippen LogP contribution in [0.25, 0.3) is 10.9 Å². The smallest absolute Gasteiger partial charge is 0.469 e. The van der Waals surface area contributed by atoms with Crippen molar-refractivity contribution >= 4 is 24.7 Å². The van der Waals surface area contributed by atoms with Crippen molar-refractivity contribution in [3.05, 3.63) is 42.6 Å². The number of hydrogen-bond donors (Lipinski definition) is 3. The summed E-state index contributed by atoms with van der Waals surface area (Å²) in [4.78, 5) is 31.1. The average molecular weight is 358 g/mol. The number of nitrogens with zero attached hydrogens (tertiary/aromatic N) is 1. The Morgan fingerprint density at radius 3 is 2.42 bits per heavy atom. The lowest BCUT2D eigenvalue weighted by Gasteiger charge is -2.03. The zero-order valence-corrected chi connectivity index (χ0v) is 14.6. The van der Waals surface area contributed by atoms with E-state index in [1.165, 1.54) is 19.5 Å². The van der Waals surface area contributed by atoms with E-state index >= 15 is 0 Å². The Bertz CT molecular complexity index is 581. The topological polar surface area (TPSA) is 132 Å². The van der Waals surface area contributed by atoms with E-state index in [1.54, 1.807) is 0 Å². The minimum atomic E-state index is -4.39. The van der Waals surface area contributed by atoms with Crippen LogP contribution in [0.15, 0.2) is 42.6 Å². The SMILES string of the molecule is CN.COC(=O)CCCOP(=O)(O)O.c1ccc2ncccc2c1. The number of phosphoric ester groups is 1. The summed E-state index contributed by atoms with van der Waals surface area (Å²) < 4.78 is 18.5. The van der Waals surface area contributed by atoms with Gasteiger partial charge in [0.25, 0.3) is 0 Å². The molecule has 1 heterocycles. The fourth-order valence-electron chi connectivity index (χ4n) is 1.52. The summed E-state index contributed by atoms with van der Waals surface area (Å²) in [6, 6.07) is 12.1. The third kappa shape index (κ3) is 10.8. The van der Waals surface area contributed by atoms with Gasteiger partial charge < -0.3 is 20.3 Å². The van der Waals surface area contributed by atoms with Crippen LogP contribution in [-0.4, -0.2) is 41.5 Å². The maximum absolute atomic E-state index is 10.5. The molecule has 2 rings (SSSR count). The van der Waals surface area contributed by atoms with Crippen LogP contribution in [0, 0.1) is 0 Å². The maximum atomic E-state index is 10.5. The number of rotatable bonds is 5. The number of benzene rings is 1. The van der Waals surface area contributed by atoms with Crippen molar-refractivity contribution in [2.75, 3.05) is 20.8 Å². The van der Waals surface area contributed by atoms with Gasteiger partial charge >= 0.3 is 13.8 Å². The van der Waals surface area contributed by atoms with Crippen LogP contribution in [0.2, 0.25) is 0 Å². The predicted molar refractivity (Wildman–Crippen MR) is 91.1 cm³/mol. The van der Waals surface area contributed by atoms with Crippen molar-refractivity contribution in [2.45, 2.75) is 12.8 Å². The molecule has 0 aliphatic heterocycles. The highest BCUT2D eigenvalue weighted by molar-refractivity contribution is 7.46. The molecule has 0 aliphatic rings. The number of fused-ring (bicyclic) bond motifs is 1. The van der Waals surface area contributed by atoms with E-state index in [0.29, 0.717) is 0 Å². The molecule has 9 heteroatoms. The fourth-order valence-corrected chi connectivity index (χ4v) is 1.89. The van der Waals surface area contributed by atoms with Crippen molar-refractivity contribution in [3.63, 3.8) is 0 Å². The number of ether oxygens (including phenoxy) is 1. The molecule has 0 atom stereocenters. The third-order valence-corrected chi connectivity index (χ3v) is 3.04. The number of para-hydroxylation sites is 1. The van der Waals surface area contributed by atoms with Gasteiger partial charge in [0.1, 0.15) is 0 Å². The fraction of sp³-hybridized carbons (Fsp3) is 0.333. The molecule has 0 unspecified atom stereocenters. The largest absolute Gasteiger partial charge is 0.469 e. The van der Waals surface area contributed by atoms with Gasteiger partial charge in [0.2, 0.25) is 0 Å². The number of hydrogen-bond acceptors (Lipinski definition) is 6. The number of pyridine rings is 1. The molecule has 0 fully saturated rings. The first-order valence-electron chi connectivity index (χ1n) is 7.07. The molecule has 2 aromatic rings. The minimum Gasteiger partial charge on any atom is -0.469 e. The van der Waals surface area contributed by atoms with Gasteiger partial charge in [0, 0.05) is 18.0 Å². The molecular formula is C15H23N2O6P. The molecule has 0 saturated heterocycles. The lowest BCUT2D eigenvalue weighted by molar-refractivity contribution is -0.140. The summed E-state index contributed by atoms with van der Waals surface area (Å²) >= 11 is 0. The van der Waals surface area contributed by atoms with Crippen molar-refractivity contribution in [2.24, 2.45) is 5.73 Å². The average Bonchev–Trinajstić information content (AvgIpc) is 2.60. The van der Waals surface area contributed by atoms with E-state index in [1.807, 2.05) is 30.5 Å². The zero-order valence-electron chi connectivity index (χ0n) is 13.7. The predicted octanol–water partition coefficient (Wildman–Crippen LogP) is 1.86. The Balaban J connectivity index is 0.000000402. The van der Waals surface area contributed by atoms with E-state index in [2.05, 4.69) is 32.1 Å². The van der Waals surface area contributed by atoms with E-state index in [0.717, 1.165) is 5.52 Å². The first kappa shape index (κ1) is 22.2. The van der Waals surface area contributed by atoms with Gasteiger partial charge in [0.15, 0.2) is 0 Å². The highest BCUT2D eigenvalue weighted by Crippen LogP contribution is 2.35. The molecule has 0 saturated carbocycles. The molecule has 134 valence electrons. The minimum absolute atomic E-state index is 0.0938. The number of carbonyl (C=O) groups excluding carboxylic acids is 1. The van der Waals surface area contributed by atoms with Gasteiger partial charge in [-0.1, -0.05) is 24.3 Å². The summed E-state index contributed by atoms with van der Waals surface area (Å²) in [6.07, 6.45) is 2.14. The highest BCUT2D eigenvalue weighted by atomic mass is 31.2. The number of aromatic nitrogens is 1. The first-order chi connectivity index (χ1) is 11.4. The van der Waals surface area contributed by atoms with Crippen LogP contribution in [0.4, 0.5) is 0 Å². The number of methoxy groups -OCH3 is 1. The van der Waals surface area contributed by atoms with Crippen molar-refractivity contribution in [3.8, 4) is 0 Å². The van der Waals surface area contributed by atoms with Gasteiger partial charge in [-0.05, 0) is 25.6 Å². The van der Waals surface area contributed by atoms with Gasteiger partial charge in [-0.3, -0.25) is 14.3 Å². The molecule has 0 bridgehead atoms. The molecular weight excluding hydrogens is 335 g/mol. The van der Waals surface area contributed by atoms with Crippen LogP contribution < -0.4 is 5.73 Å². The van der Waals surface area contributed by atoms with E-state index in [-0.39, 0.29) is 19.4 Å². The summed E-state index contributed by atoms with van der Waals surface area (Å²) in [7, 11) is -1.64. The Morgan fingerprint density at radius 2 is 1.83 bits per heavy atom. The lowest BCUT2D eigenvalue weighted by atomic mass is 10.2. The second kappa shape index (κ2) is 12.6. The summed E-state index contributed by atoms with van der Waals surface area (Å²) in [5.74, 6) is -0.427. The standard InChI is InChI=1S/C9H7N.C5H11O6P.CH5N/c1-2-6-9-8(4-1)5-3-7-10-9;1-10-5(6)3-2-4-11-12(7,8)9;1-2/h1-7H;2-4H2,1H3,(H2,7,8,9);2H2,1H3. The second-order valence-electron chi connectivity index (χ2n) is 4.20. The van der Waals surface area contributed by atoms with Crippen LogP contribution in [0.1, 0.15) is 12.8 Å². The molecule has 24 heavy (non-hydrogen) atoms. The summed E-state index contributed by atoms with van der Waals surface area (Å²) in [6.45, 7) is -0.153. The Morgan fingerprint density at radius 1 is 1.21 bits per heavy atom.